The molecule has 0 spiro atoms. The smallest absolute Gasteiger partial charge is 0.268 e. The van der Waals surface area contributed by atoms with E-state index in [1.807, 2.05) is 0 Å². The molecule has 2 unspecified atom stereocenters. The van der Waals surface area contributed by atoms with Crippen LogP contribution in [0.3, 0.4) is 0 Å². The summed E-state index contributed by atoms with van der Waals surface area (Å²) in [4.78, 5) is 53.0. The molecule has 2 aromatic rings. The Bertz CT molecular complexity index is 1090. The first-order valence-electron chi connectivity index (χ1n) is 11.4. The van der Waals surface area contributed by atoms with E-state index in [2.05, 4.69) is 36.9 Å². The van der Waals surface area contributed by atoms with Crippen LogP contribution in [-0.4, -0.2) is 47.2 Å². The van der Waals surface area contributed by atoms with E-state index in [0.29, 0.717) is 35.3 Å². The van der Waals surface area contributed by atoms with Crippen molar-refractivity contribution < 1.29 is 23.6 Å². The van der Waals surface area contributed by atoms with Crippen LogP contribution in [0.15, 0.2) is 22.7 Å². The van der Waals surface area contributed by atoms with Crippen molar-refractivity contribution in [2.75, 3.05) is 6.54 Å². The number of aromatic nitrogens is 1. The molecular formula is C23H27BrFN5O4. The van der Waals surface area contributed by atoms with Gasteiger partial charge in [0.05, 0.1) is 5.52 Å². The molecule has 0 radical (unpaired) electrons. The minimum absolute atomic E-state index is 0.103. The number of hydrogen-bond donors (Lipinski definition) is 5. The lowest BCUT2D eigenvalue weighted by Crippen LogP contribution is -2.54. The van der Waals surface area contributed by atoms with Crippen molar-refractivity contribution in [2.45, 2.75) is 50.6 Å². The van der Waals surface area contributed by atoms with Crippen molar-refractivity contribution in [3.63, 3.8) is 0 Å². The Kier molecular flexibility index (Phi) is 7.20. The highest BCUT2D eigenvalue weighted by Gasteiger charge is 2.34. The number of nitrogens with two attached hydrogens (primary N) is 1. The number of rotatable bonds is 9. The molecule has 9 nitrogen and oxygen atoms in total. The third-order valence-electron chi connectivity index (χ3n) is 6.40. The third-order valence-corrected chi connectivity index (χ3v) is 7.06. The average molecular weight is 536 g/mol. The van der Waals surface area contributed by atoms with Gasteiger partial charge in [-0.2, -0.15) is 0 Å². The minimum Gasteiger partial charge on any atom is -0.368 e. The van der Waals surface area contributed by atoms with E-state index < -0.39 is 41.5 Å². The predicted octanol–water partition coefficient (Wildman–Crippen LogP) is 1.85. The first-order valence-corrected chi connectivity index (χ1v) is 12.2. The standard InChI is InChI=1S/C23H27BrFN5O4/c24-14-5-6-15(25)13-10-18(28-19(13)14)23(34)30-17(8-11-3-4-11)22(33)29-16(20(26)31)9-12-2-1-7-27-21(12)32/h5-6,10-12,16-17,28H,1-4,7-9H2,(H2,26,31)(H,27,32)(H,29,33)(H,30,34)/t12-,16?,17?/m0/s1. The molecule has 2 heterocycles. The number of nitrogens with one attached hydrogen (secondary N) is 4. The van der Waals surface area contributed by atoms with Gasteiger partial charge in [0.1, 0.15) is 23.6 Å². The molecular weight excluding hydrogens is 509 g/mol. The van der Waals surface area contributed by atoms with Gasteiger partial charge in [0.15, 0.2) is 0 Å². The van der Waals surface area contributed by atoms with E-state index in [9.17, 15) is 23.6 Å². The highest BCUT2D eigenvalue weighted by molar-refractivity contribution is 9.10. The molecule has 1 aliphatic carbocycles. The van der Waals surface area contributed by atoms with E-state index in [-0.39, 0.29) is 23.4 Å². The van der Waals surface area contributed by atoms with Crippen LogP contribution in [0.25, 0.3) is 10.9 Å². The van der Waals surface area contributed by atoms with Crippen molar-refractivity contribution in [1.29, 1.82) is 0 Å². The Morgan fingerprint density at radius 2 is 1.91 bits per heavy atom. The Balaban J connectivity index is 1.47. The SMILES string of the molecule is NC(=O)C(C[C@@H]1CCCNC1=O)NC(=O)C(CC1CC1)NC(=O)c1cc2c(F)ccc(Br)c2[nH]1. The number of piperidine rings is 1. The summed E-state index contributed by atoms with van der Waals surface area (Å²) in [5, 5.41) is 8.35. The molecule has 34 heavy (non-hydrogen) atoms. The Hall–Kier alpha value is -2.95. The number of halogens is 2. The average Bonchev–Trinajstić information content (AvgIpc) is 3.49. The fourth-order valence-electron chi connectivity index (χ4n) is 4.29. The number of carbonyl (C=O) groups is 4. The number of benzene rings is 1. The summed E-state index contributed by atoms with van der Waals surface area (Å²) in [6.45, 7) is 0.590. The van der Waals surface area contributed by atoms with E-state index in [1.165, 1.54) is 18.2 Å². The maximum atomic E-state index is 14.1. The summed E-state index contributed by atoms with van der Waals surface area (Å²) in [6, 6.07) is 2.29. The molecule has 1 saturated carbocycles. The topological polar surface area (TPSA) is 146 Å². The number of amides is 4. The van der Waals surface area contributed by atoms with E-state index in [1.54, 1.807) is 0 Å². The summed E-state index contributed by atoms with van der Waals surface area (Å²) in [5.41, 5.74) is 6.06. The van der Waals surface area contributed by atoms with Gasteiger partial charge in [0.2, 0.25) is 17.7 Å². The zero-order valence-electron chi connectivity index (χ0n) is 18.5. The summed E-state index contributed by atoms with van der Waals surface area (Å²) < 4.78 is 14.7. The predicted molar refractivity (Wildman–Crippen MR) is 126 cm³/mol. The third kappa shape index (κ3) is 5.57. The molecule has 1 saturated heterocycles. The lowest BCUT2D eigenvalue weighted by Gasteiger charge is -2.27. The number of hydrogen-bond acceptors (Lipinski definition) is 4. The molecule has 1 aliphatic heterocycles. The van der Waals surface area contributed by atoms with E-state index >= 15 is 0 Å². The summed E-state index contributed by atoms with van der Waals surface area (Å²) in [7, 11) is 0. The highest BCUT2D eigenvalue weighted by atomic mass is 79.9. The van der Waals surface area contributed by atoms with Crippen LogP contribution in [0.4, 0.5) is 4.39 Å². The monoisotopic (exact) mass is 535 g/mol. The Morgan fingerprint density at radius 3 is 2.56 bits per heavy atom. The maximum absolute atomic E-state index is 14.1. The van der Waals surface area contributed by atoms with Gasteiger partial charge in [-0.05, 0) is 65.7 Å². The molecule has 6 N–H and O–H groups in total. The molecule has 2 aliphatic rings. The Labute approximate surface area is 203 Å². The van der Waals surface area contributed by atoms with Crippen molar-refractivity contribution in [1.82, 2.24) is 20.9 Å². The number of aromatic amines is 1. The van der Waals surface area contributed by atoms with Crippen molar-refractivity contribution in [3.8, 4) is 0 Å². The van der Waals surface area contributed by atoms with Gasteiger partial charge in [0, 0.05) is 22.3 Å². The van der Waals surface area contributed by atoms with Crippen LogP contribution < -0.4 is 21.7 Å². The van der Waals surface area contributed by atoms with Crippen LogP contribution in [0.1, 0.15) is 49.0 Å². The number of carbonyl (C=O) groups excluding carboxylic acids is 4. The van der Waals surface area contributed by atoms with Gasteiger partial charge >= 0.3 is 0 Å². The molecule has 11 heteroatoms. The van der Waals surface area contributed by atoms with Gasteiger partial charge in [-0.15, -0.1) is 0 Å². The fraction of sp³-hybridized carbons (Fsp3) is 0.478. The number of H-pyrrole nitrogens is 1. The normalized spacial score (nSPS) is 19.8. The largest absolute Gasteiger partial charge is 0.368 e. The second-order valence-corrected chi connectivity index (χ2v) is 9.89. The van der Waals surface area contributed by atoms with Crippen LogP contribution in [0.5, 0.6) is 0 Å². The number of primary amides is 1. The van der Waals surface area contributed by atoms with E-state index in [4.69, 9.17) is 5.73 Å². The lowest BCUT2D eigenvalue weighted by atomic mass is 9.91. The Morgan fingerprint density at radius 1 is 1.15 bits per heavy atom. The molecule has 2 fully saturated rings. The van der Waals surface area contributed by atoms with E-state index in [0.717, 1.165) is 19.3 Å². The lowest BCUT2D eigenvalue weighted by molar-refractivity contribution is -0.131. The zero-order chi connectivity index (χ0) is 24.4. The summed E-state index contributed by atoms with van der Waals surface area (Å²) in [5.74, 6) is -2.60. The quantitative estimate of drug-likeness (QED) is 0.333. The van der Waals surface area contributed by atoms with Crippen molar-refractivity contribution >= 4 is 50.5 Å². The second kappa shape index (κ2) is 10.1. The summed E-state index contributed by atoms with van der Waals surface area (Å²) >= 11 is 3.33. The van der Waals surface area contributed by atoms with Crippen LogP contribution >= 0.6 is 15.9 Å². The molecule has 0 bridgehead atoms. The van der Waals surface area contributed by atoms with Crippen molar-refractivity contribution in [2.24, 2.45) is 17.6 Å². The molecule has 4 rings (SSSR count). The van der Waals surface area contributed by atoms with Gasteiger partial charge in [-0.25, -0.2) is 4.39 Å². The van der Waals surface area contributed by atoms with Crippen molar-refractivity contribution in [3.05, 3.63) is 34.2 Å². The highest BCUT2D eigenvalue weighted by Crippen LogP contribution is 2.34. The van der Waals surface area contributed by atoms with Crippen LogP contribution in [0.2, 0.25) is 0 Å². The minimum atomic E-state index is -1.03. The first-order chi connectivity index (χ1) is 16.2. The first kappa shape index (κ1) is 24.2. The van der Waals surface area contributed by atoms with Gasteiger partial charge in [-0.1, -0.05) is 12.8 Å². The maximum Gasteiger partial charge on any atom is 0.268 e. The summed E-state index contributed by atoms with van der Waals surface area (Å²) in [6.07, 6.45) is 3.81. The van der Waals surface area contributed by atoms with Gasteiger partial charge in [0.25, 0.3) is 5.91 Å². The molecule has 1 aromatic carbocycles. The van der Waals surface area contributed by atoms with Gasteiger partial charge < -0.3 is 26.7 Å². The van der Waals surface area contributed by atoms with Gasteiger partial charge in [-0.3, -0.25) is 19.2 Å². The zero-order valence-corrected chi connectivity index (χ0v) is 20.0. The molecule has 4 amide bonds. The van der Waals surface area contributed by atoms with Crippen LogP contribution in [0, 0.1) is 17.7 Å². The second-order valence-electron chi connectivity index (χ2n) is 9.04. The van der Waals surface area contributed by atoms with Crippen LogP contribution in [-0.2, 0) is 14.4 Å². The molecule has 182 valence electrons. The molecule has 3 atom stereocenters. The number of fused-ring (bicyclic) bond motifs is 1. The fourth-order valence-corrected chi connectivity index (χ4v) is 4.74. The molecule has 1 aromatic heterocycles.